The third-order valence-corrected chi connectivity index (χ3v) is 4.18. The van der Waals surface area contributed by atoms with Crippen molar-refractivity contribution in [3.63, 3.8) is 0 Å². The van der Waals surface area contributed by atoms with E-state index in [1.807, 2.05) is 13.1 Å². The highest BCUT2D eigenvalue weighted by Gasteiger charge is 2.23. The van der Waals surface area contributed by atoms with Crippen LogP contribution in [0.25, 0.3) is 0 Å². The van der Waals surface area contributed by atoms with E-state index in [9.17, 15) is 4.79 Å². The van der Waals surface area contributed by atoms with Gasteiger partial charge in [-0.2, -0.15) is 0 Å². The molecule has 5 nitrogen and oxygen atoms in total. The first-order valence-corrected chi connectivity index (χ1v) is 7.18. The Morgan fingerprint density at radius 3 is 2.70 bits per heavy atom. The van der Waals surface area contributed by atoms with Crippen molar-refractivity contribution in [1.82, 2.24) is 10.2 Å². The summed E-state index contributed by atoms with van der Waals surface area (Å²) in [6.07, 6.45) is 4.84. The van der Waals surface area contributed by atoms with Gasteiger partial charge in [-0.3, -0.25) is 4.90 Å². The third kappa shape index (κ3) is 3.61. The fourth-order valence-electron chi connectivity index (χ4n) is 2.85. The molecule has 0 radical (unpaired) electrons. The molecule has 1 aromatic rings. The molecule has 112 valence electrons. The van der Waals surface area contributed by atoms with E-state index in [1.165, 1.54) is 32.8 Å². The molecule has 5 heteroatoms. The molecule has 1 aliphatic rings. The smallest absolute Gasteiger partial charge is 0.373 e. The van der Waals surface area contributed by atoms with E-state index < -0.39 is 5.97 Å². The molecule has 0 aliphatic heterocycles. The highest BCUT2D eigenvalue weighted by atomic mass is 16.5. The lowest BCUT2D eigenvalue weighted by Gasteiger charge is -2.34. The molecule has 0 spiro atoms. The second-order valence-electron chi connectivity index (χ2n) is 5.47. The van der Waals surface area contributed by atoms with Gasteiger partial charge < -0.3 is 14.5 Å². The van der Waals surface area contributed by atoms with Crippen molar-refractivity contribution >= 4 is 5.97 Å². The van der Waals surface area contributed by atoms with Gasteiger partial charge >= 0.3 is 5.97 Å². The van der Waals surface area contributed by atoms with Crippen LogP contribution in [0.5, 0.6) is 0 Å². The van der Waals surface area contributed by atoms with E-state index in [1.54, 1.807) is 6.07 Å². The van der Waals surface area contributed by atoms with E-state index in [0.29, 0.717) is 12.1 Å². The summed E-state index contributed by atoms with van der Waals surface area (Å²) in [5, 5.41) is 3.35. The van der Waals surface area contributed by atoms with Crippen molar-refractivity contribution in [2.75, 3.05) is 21.2 Å². The number of carbonyl (C=O) groups excluding carboxylic acids is 1. The number of hydrogen-bond acceptors (Lipinski definition) is 5. The molecule has 0 unspecified atom stereocenters. The van der Waals surface area contributed by atoms with Crippen LogP contribution in [0.1, 0.15) is 42.0 Å². The average molecular weight is 280 g/mol. The quantitative estimate of drug-likeness (QED) is 0.836. The first-order valence-electron chi connectivity index (χ1n) is 7.18. The molecule has 0 atom stereocenters. The summed E-state index contributed by atoms with van der Waals surface area (Å²) < 4.78 is 10.2. The Labute approximate surface area is 120 Å². The Balaban J connectivity index is 1.86. The van der Waals surface area contributed by atoms with Crippen molar-refractivity contribution in [1.29, 1.82) is 0 Å². The third-order valence-electron chi connectivity index (χ3n) is 4.18. The zero-order chi connectivity index (χ0) is 14.5. The Bertz CT molecular complexity index is 436. The molecule has 0 amide bonds. The zero-order valence-corrected chi connectivity index (χ0v) is 12.5. The van der Waals surface area contributed by atoms with Crippen molar-refractivity contribution < 1.29 is 13.9 Å². The fourth-order valence-corrected chi connectivity index (χ4v) is 2.85. The van der Waals surface area contributed by atoms with Crippen LogP contribution in [0.15, 0.2) is 16.5 Å². The molecule has 0 aromatic carbocycles. The number of ether oxygens (including phenoxy) is 1. The zero-order valence-electron chi connectivity index (χ0n) is 12.5. The highest BCUT2D eigenvalue weighted by molar-refractivity contribution is 5.86. The Hall–Kier alpha value is -1.33. The molecule has 1 saturated carbocycles. The summed E-state index contributed by atoms with van der Waals surface area (Å²) in [6.45, 7) is 0.728. The number of hydrogen-bond donors (Lipinski definition) is 1. The predicted molar refractivity (Wildman–Crippen MR) is 76.6 cm³/mol. The standard InChI is InChI=1S/C15H24N2O3/c1-16-11-4-6-12(7-5-11)17(2)10-13-8-9-14(20-13)15(18)19-3/h8-9,11-12,16H,4-7,10H2,1-3H3. The molecule has 1 fully saturated rings. The molecule has 0 saturated heterocycles. The summed E-state index contributed by atoms with van der Waals surface area (Å²) in [5.41, 5.74) is 0. The minimum atomic E-state index is -0.423. The predicted octanol–water partition coefficient (Wildman–Crippen LogP) is 2.03. The summed E-state index contributed by atoms with van der Waals surface area (Å²) in [6, 6.07) is 4.77. The van der Waals surface area contributed by atoms with Crippen LogP contribution in [0.4, 0.5) is 0 Å². The Kier molecular flexibility index (Phi) is 5.20. The number of nitrogens with zero attached hydrogens (tertiary/aromatic N) is 1. The maximum atomic E-state index is 11.3. The first kappa shape index (κ1) is 15.1. The molecule has 1 heterocycles. The number of esters is 1. The Morgan fingerprint density at radius 2 is 2.10 bits per heavy atom. The lowest BCUT2D eigenvalue weighted by molar-refractivity contribution is 0.0560. The second kappa shape index (κ2) is 6.90. The van der Waals surface area contributed by atoms with Crippen LogP contribution >= 0.6 is 0 Å². The van der Waals surface area contributed by atoms with E-state index in [4.69, 9.17) is 4.42 Å². The van der Waals surface area contributed by atoms with Gasteiger partial charge in [0.25, 0.3) is 0 Å². The number of rotatable bonds is 5. The SMILES string of the molecule is CNC1CCC(N(C)Cc2ccc(C(=O)OC)o2)CC1. The van der Waals surface area contributed by atoms with Crippen molar-refractivity contribution in [3.05, 3.63) is 23.7 Å². The second-order valence-corrected chi connectivity index (χ2v) is 5.47. The minimum Gasteiger partial charge on any atom is -0.463 e. The van der Waals surface area contributed by atoms with Gasteiger partial charge in [-0.05, 0) is 51.9 Å². The minimum absolute atomic E-state index is 0.273. The summed E-state index contributed by atoms with van der Waals surface area (Å²) in [5.74, 6) is 0.659. The van der Waals surface area contributed by atoms with Gasteiger partial charge in [0.1, 0.15) is 5.76 Å². The van der Waals surface area contributed by atoms with Gasteiger partial charge in [0.05, 0.1) is 13.7 Å². The van der Waals surface area contributed by atoms with Gasteiger partial charge in [-0.15, -0.1) is 0 Å². The average Bonchev–Trinajstić information content (AvgIpc) is 2.95. The lowest BCUT2D eigenvalue weighted by atomic mass is 9.90. The number of furan rings is 1. The van der Waals surface area contributed by atoms with Gasteiger partial charge in [0.2, 0.25) is 5.76 Å². The highest BCUT2D eigenvalue weighted by Crippen LogP contribution is 2.23. The van der Waals surface area contributed by atoms with Gasteiger partial charge in [-0.25, -0.2) is 4.79 Å². The summed E-state index contributed by atoms with van der Waals surface area (Å²) in [4.78, 5) is 13.7. The van der Waals surface area contributed by atoms with Gasteiger partial charge in [0.15, 0.2) is 0 Å². The van der Waals surface area contributed by atoms with Crippen molar-refractivity contribution in [3.8, 4) is 0 Å². The summed E-state index contributed by atoms with van der Waals surface area (Å²) in [7, 11) is 5.51. The maximum absolute atomic E-state index is 11.3. The van der Waals surface area contributed by atoms with Crippen LogP contribution in [-0.2, 0) is 11.3 Å². The first-order chi connectivity index (χ1) is 9.63. The normalized spacial score (nSPS) is 23.0. The Morgan fingerprint density at radius 1 is 1.40 bits per heavy atom. The van der Waals surface area contributed by atoms with E-state index in [2.05, 4.69) is 22.0 Å². The molecule has 1 aliphatic carbocycles. The van der Waals surface area contributed by atoms with E-state index in [-0.39, 0.29) is 5.76 Å². The van der Waals surface area contributed by atoms with Gasteiger partial charge in [-0.1, -0.05) is 0 Å². The molecular weight excluding hydrogens is 256 g/mol. The monoisotopic (exact) mass is 280 g/mol. The van der Waals surface area contributed by atoms with Crippen LogP contribution in [0.3, 0.4) is 0 Å². The molecule has 2 rings (SSSR count). The topological polar surface area (TPSA) is 54.7 Å². The number of carbonyl (C=O) groups is 1. The number of methoxy groups -OCH3 is 1. The van der Waals surface area contributed by atoms with Crippen molar-refractivity contribution in [2.24, 2.45) is 0 Å². The van der Waals surface area contributed by atoms with Crippen LogP contribution < -0.4 is 5.32 Å². The number of nitrogens with one attached hydrogen (secondary N) is 1. The van der Waals surface area contributed by atoms with Crippen LogP contribution in [-0.4, -0.2) is 44.2 Å². The largest absolute Gasteiger partial charge is 0.463 e. The molecule has 20 heavy (non-hydrogen) atoms. The molecule has 1 N–H and O–H groups in total. The van der Waals surface area contributed by atoms with E-state index >= 15 is 0 Å². The molecule has 1 aromatic heterocycles. The maximum Gasteiger partial charge on any atom is 0.373 e. The molecular formula is C15H24N2O3. The fraction of sp³-hybridized carbons (Fsp3) is 0.667. The van der Waals surface area contributed by atoms with Crippen LogP contribution in [0, 0.1) is 0 Å². The van der Waals surface area contributed by atoms with Crippen LogP contribution in [0.2, 0.25) is 0 Å². The van der Waals surface area contributed by atoms with Crippen molar-refractivity contribution in [2.45, 2.75) is 44.3 Å². The molecule has 0 bridgehead atoms. The summed E-state index contributed by atoms with van der Waals surface area (Å²) >= 11 is 0. The van der Waals surface area contributed by atoms with E-state index in [0.717, 1.165) is 12.3 Å². The lowest BCUT2D eigenvalue weighted by Crippen LogP contribution is -2.39. The van der Waals surface area contributed by atoms with Gasteiger partial charge in [0, 0.05) is 12.1 Å².